The highest BCUT2D eigenvalue weighted by Crippen LogP contribution is 2.35. The molecule has 1 heterocycles. The lowest BCUT2D eigenvalue weighted by atomic mass is 9.94. The summed E-state index contributed by atoms with van der Waals surface area (Å²) < 4.78 is 0. The van der Waals surface area contributed by atoms with Crippen molar-refractivity contribution in [1.82, 2.24) is 16.0 Å². The SMILES string of the molecule is C=C1NC(=O)NC(C(=O)N[C@@H]2CCC[C@@H]2c2ccc(Cl)cc2)=C1N. The third-order valence-electron chi connectivity index (χ3n) is 4.46. The number of halogens is 1. The van der Waals surface area contributed by atoms with Crippen LogP contribution in [0.2, 0.25) is 5.02 Å². The second-order valence-electron chi connectivity index (χ2n) is 6.02. The van der Waals surface area contributed by atoms with Gasteiger partial charge in [0.1, 0.15) is 5.70 Å². The first-order valence-electron chi connectivity index (χ1n) is 7.79. The van der Waals surface area contributed by atoms with Crippen LogP contribution in [0.3, 0.4) is 0 Å². The summed E-state index contributed by atoms with van der Waals surface area (Å²) in [5.74, 6) is -0.178. The first-order valence-corrected chi connectivity index (χ1v) is 8.17. The fraction of sp³-hybridized carbons (Fsp3) is 0.294. The molecule has 6 nitrogen and oxygen atoms in total. The maximum Gasteiger partial charge on any atom is 0.323 e. The van der Waals surface area contributed by atoms with Gasteiger partial charge in [0.05, 0.1) is 11.4 Å². The number of rotatable bonds is 3. The van der Waals surface area contributed by atoms with Gasteiger partial charge in [0.15, 0.2) is 0 Å². The van der Waals surface area contributed by atoms with Gasteiger partial charge in [-0.05, 0) is 30.5 Å². The number of nitrogens with two attached hydrogens (primary N) is 1. The lowest BCUT2D eigenvalue weighted by Gasteiger charge is -2.25. The summed E-state index contributed by atoms with van der Waals surface area (Å²) in [5.41, 5.74) is 7.41. The molecule has 0 bridgehead atoms. The highest BCUT2D eigenvalue weighted by molar-refractivity contribution is 6.30. The van der Waals surface area contributed by atoms with E-state index >= 15 is 0 Å². The van der Waals surface area contributed by atoms with Crippen molar-refractivity contribution in [3.8, 4) is 0 Å². The van der Waals surface area contributed by atoms with Crippen LogP contribution >= 0.6 is 11.6 Å². The standard InChI is InChI=1S/C17H19ClN4O2/c1-9-14(19)15(22-17(24)20-9)16(23)21-13-4-2-3-12(13)10-5-7-11(18)8-6-10/h5-8,12-13H,1-4,19H2,(H,21,23)(H2,20,22,24)/t12-,13-/m1/s1. The number of carbonyl (C=O) groups is 2. The Morgan fingerprint density at radius 3 is 2.67 bits per heavy atom. The van der Waals surface area contributed by atoms with Gasteiger partial charge in [-0.15, -0.1) is 0 Å². The smallest absolute Gasteiger partial charge is 0.323 e. The fourth-order valence-electron chi connectivity index (χ4n) is 3.23. The molecule has 126 valence electrons. The molecule has 0 spiro atoms. The van der Waals surface area contributed by atoms with Crippen molar-refractivity contribution in [3.63, 3.8) is 0 Å². The van der Waals surface area contributed by atoms with Gasteiger partial charge in [0.25, 0.3) is 5.91 Å². The maximum absolute atomic E-state index is 12.5. The predicted molar refractivity (Wildman–Crippen MR) is 92.0 cm³/mol. The Bertz CT molecular complexity index is 727. The molecular formula is C17H19ClN4O2. The van der Waals surface area contributed by atoms with Gasteiger partial charge >= 0.3 is 6.03 Å². The number of hydrogen-bond acceptors (Lipinski definition) is 3. The summed E-state index contributed by atoms with van der Waals surface area (Å²) in [7, 11) is 0. The van der Waals surface area contributed by atoms with Crippen molar-refractivity contribution in [2.45, 2.75) is 31.2 Å². The minimum Gasteiger partial charge on any atom is -0.395 e. The Morgan fingerprint density at radius 2 is 1.96 bits per heavy atom. The number of amides is 3. The molecule has 0 saturated heterocycles. The highest BCUT2D eigenvalue weighted by Gasteiger charge is 2.32. The first kappa shape index (κ1) is 16.4. The van der Waals surface area contributed by atoms with Crippen molar-refractivity contribution in [3.05, 3.63) is 58.5 Å². The monoisotopic (exact) mass is 346 g/mol. The van der Waals surface area contributed by atoms with Gasteiger partial charge in [0.2, 0.25) is 0 Å². The Balaban J connectivity index is 1.76. The van der Waals surface area contributed by atoms with Gasteiger partial charge in [-0.2, -0.15) is 0 Å². The second kappa shape index (κ2) is 6.57. The van der Waals surface area contributed by atoms with Gasteiger partial charge in [-0.1, -0.05) is 36.7 Å². The number of nitrogens with one attached hydrogen (secondary N) is 3. The molecule has 0 radical (unpaired) electrons. The zero-order chi connectivity index (χ0) is 17.3. The lowest BCUT2D eigenvalue weighted by molar-refractivity contribution is -0.118. The average molecular weight is 347 g/mol. The normalized spacial score (nSPS) is 23.7. The van der Waals surface area contributed by atoms with Crippen LogP contribution in [0.5, 0.6) is 0 Å². The molecule has 2 atom stereocenters. The summed E-state index contributed by atoms with van der Waals surface area (Å²) in [6.07, 6.45) is 2.88. The molecule has 0 unspecified atom stereocenters. The van der Waals surface area contributed by atoms with E-state index in [1.807, 2.05) is 24.3 Å². The molecule has 7 heteroatoms. The first-order chi connectivity index (χ1) is 11.5. The molecule has 1 fully saturated rings. The zero-order valence-corrected chi connectivity index (χ0v) is 13.8. The van der Waals surface area contributed by atoms with E-state index < -0.39 is 11.9 Å². The van der Waals surface area contributed by atoms with Crippen molar-refractivity contribution in [2.75, 3.05) is 0 Å². The third kappa shape index (κ3) is 3.23. The van der Waals surface area contributed by atoms with E-state index in [-0.39, 0.29) is 29.1 Å². The van der Waals surface area contributed by atoms with E-state index in [9.17, 15) is 9.59 Å². The molecule has 3 amide bonds. The highest BCUT2D eigenvalue weighted by atomic mass is 35.5. The molecule has 1 aromatic rings. The van der Waals surface area contributed by atoms with Crippen LogP contribution in [0.4, 0.5) is 4.79 Å². The number of carbonyl (C=O) groups excluding carboxylic acids is 2. The van der Waals surface area contributed by atoms with E-state index in [0.29, 0.717) is 5.02 Å². The summed E-state index contributed by atoms with van der Waals surface area (Å²) >= 11 is 5.94. The van der Waals surface area contributed by atoms with Crippen molar-refractivity contribution >= 4 is 23.5 Å². The number of hydrogen-bond donors (Lipinski definition) is 4. The molecule has 1 aromatic carbocycles. The minimum atomic E-state index is -0.514. The molecule has 1 aliphatic heterocycles. The van der Waals surface area contributed by atoms with Crippen molar-refractivity contribution in [1.29, 1.82) is 0 Å². The van der Waals surface area contributed by atoms with Gasteiger partial charge in [-0.25, -0.2) is 4.79 Å². The minimum absolute atomic E-state index is 0.0148. The van der Waals surface area contributed by atoms with Crippen LogP contribution < -0.4 is 21.7 Å². The molecule has 3 rings (SSSR count). The Morgan fingerprint density at radius 1 is 1.25 bits per heavy atom. The van der Waals surface area contributed by atoms with E-state index in [0.717, 1.165) is 24.8 Å². The Hall–Kier alpha value is -2.47. The number of urea groups is 1. The van der Waals surface area contributed by atoms with E-state index in [1.165, 1.54) is 0 Å². The molecule has 1 aliphatic carbocycles. The Labute approximate surface area is 145 Å². The largest absolute Gasteiger partial charge is 0.395 e. The molecule has 24 heavy (non-hydrogen) atoms. The van der Waals surface area contributed by atoms with Crippen molar-refractivity contribution < 1.29 is 9.59 Å². The summed E-state index contributed by atoms with van der Waals surface area (Å²) in [6, 6.07) is 7.15. The summed E-state index contributed by atoms with van der Waals surface area (Å²) in [5, 5.41) is 8.55. The summed E-state index contributed by atoms with van der Waals surface area (Å²) in [6.45, 7) is 3.63. The second-order valence-corrected chi connectivity index (χ2v) is 6.45. The van der Waals surface area contributed by atoms with Gasteiger partial charge < -0.3 is 21.7 Å². The van der Waals surface area contributed by atoms with Crippen molar-refractivity contribution in [2.24, 2.45) is 5.73 Å². The van der Waals surface area contributed by atoms with Crippen LogP contribution in [0.1, 0.15) is 30.7 Å². The number of benzene rings is 1. The van der Waals surface area contributed by atoms with E-state index in [4.69, 9.17) is 17.3 Å². The van der Waals surface area contributed by atoms with Crippen LogP contribution in [0.25, 0.3) is 0 Å². The molecule has 5 N–H and O–H groups in total. The Kier molecular flexibility index (Phi) is 4.49. The third-order valence-corrected chi connectivity index (χ3v) is 4.71. The van der Waals surface area contributed by atoms with Gasteiger partial charge in [0, 0.05) is 17.0 Å². The van der Waals surface area contributed by atoms with Crippen LogP contribution in [-0.2, 0) is 4.79 Å². The van der Waals surface area contributed by atoms with E-state index in [2.05, 4.69) is 22.5 Å². The van der Waals surface area contributed by atoms with Gasteiger partial charge in [-0.3, -0.25) is 4.79 Å². The quantitative estimate of drug-likeness (QED) is 0.674. The van der Waals surface area contributed by atoms with Crippen LogP contribution in [0.15, 0.2) is 47.9 Å². The molecule has 0 aromatic heterocycles. The van der Waals surface area contributed by atoms with E-state index in [1.54, 1.807) is 0 Å². The van der Waals surface area contributed by atoms with Crippen LogP contribution in [-0.4, -0.2) is 18.0 Å². The topological polar surface area (TPSA) is 96.2 Å². The molecule has 2 aliphatic rings. The fourth-order valence-corrected chi connectivity index (χ4v) is 3.35. The lowest BCUT2D eigenvalue weighted by Crippen LogP contribution is -2.49. The molecular weight excluding hydrogens is 328 g/mol. The summed E-state index contributed by atoms with van der Waals surface area (Å²) in [4.78, 5) is 24.1. The zero-order valence-electron chi connectivity index (χ0n) is 13.1. The average Bonchev–Trinajstić information content (AvgIpc) is 2.99. The van der Waals surface area contributed by atoms with Crippen LogP contribution in [0, 0.1) is 0 Å². The predicted octanol–water partition coefficient (Wildman–Crippen LogP) is 2.09. The maximum atomic E-state index is 12.5. The molecule has 1 saturated carbocycles.